The van der Waals surface area contributed by atoms with Gasteiger partial charge in [0.25, 0.3) is 0 Å². The van der Waals surface area contributed by atoms with E-state index < -0.39 is 0 Å². The fourth-order valence-corrected chi connectivity index (χ4v) is 2.09. The Morgan fingerprint density at radius 1 is 1.60 bits per heavy atom. The van der Waals surface area contributed by atoms with E-state index >= 15 is 0 Å². The van der Waals surface area contributed by atoms with Crippen LogP contribution in [0.4, 0.5) is 0 Å². The number of piperidine rings is 1. The molecule has 1 saturated heterocycles. The van der Waals surface area contributed by atoms with Gasteiger partial charge >= 0.3 is 0 Å². The third-order valence-corrected chi connectivity index (χ3v) is 3.03. The first-order chi connectivity index (χ1) is 7.29. The van der Waals surface area contributed by atoms with Crippen molar-refractivity contribution in [3.63, 3.8) is 0 Å². The van der Waals surface area contributed by atoms with Crippen molar-refractivity contribution in [1.29, 1.82) is 0 Å². The summed E-state index contributed by atoms with van der Waals surface area (Å²) >= 11 is 0. The number of aliphatic hydroxyl groups is 1. The number of aromatic nitrogens is 3. The van der Waals surface area contributed by atoms with Crippen molar-refractivity contribution in [1.82, 2.24) is 19.7 Å². The van der Waals surface area contributed by atoms with Gasteiger partial charge in [0.05, 0.1) is 6.54 Å². The van der Waals surface area contributed by atoms with Crippen molar-refractivity contribution >= 4 is 0 Å². The molecular formula is C10H18N4O. The summed E-state index contributed by atoms with van der Waals surface area (Å²) in [7, 11) is 1.96. The predicted octanol–water partition coefficient (Wildman–Crippen LogP) is 0.0194. The summed E-state index contributed by atoms with van der Waals surface area (Å²) in [5, 5.41) is 17.1. The molecule has 0 radical (unpaired) electrons. The molecule has 1 atom stereocenters. The summed E-state index contributed by atoms with van der Waals surface area (Å²) in [5.74, 6) is 1.43. The quantitative estimate of drug-likeness (QED) is 0.764. The molecule has 1 aromatic rings. The van der Waals surface area contributed by atoms with Crippen LogP contribution in [0.1, 0.15) is 18.7 Å². The highest BCUT2D eigenvalue weighted by Crippen LogP contribution is 2.17. The lowest BCUT2D eigenvalue weighted by atomic mass is 9.99. The molecule has 0 aromatic carbocycles. The molecule has 84 valence electrons. The molecule has 2 heterocycles. The summed E-state index contributed by atoms with van der Waals surface area (Å²) in [6, 6.07) is 0. The molecule has 1 aliphatic rings. The average molecular weight is 210 g/mol. The smallest absolute Gasteiger partial charge is 0.146 e. The number of rotatable bonds is 3. The van der Waals surface area contributed by atoms with Gasteiger partial charge in [0, 0.05) is 20.2 Å². The highest BCUT2D eigenvalue weighted by molar-refractivity contribution is 4.86. The molecule has 1 fully saturated rings. The fourth-order valence-electron chi connectivity index (χ4n) is 2.09. The Labute approximate surface area is 89.7 Å². The van der Waals surface area contributed by atoms with Crippen LogP contribution in [0.15, 0.2) is 6.33 Å². The number of likely N-dealkylation sites (tertiary alicyclic amines) is 1. The maximum Gasteiger partial charge on any atom is 0.146 e. The molecule has 0 saturated carbocycles. The van der Waals surface area contributed by atoms with E-state index in [-0.39, 0.29) is 0 Å². The average Bonchev–Trinajstić information content (AvgIpc) is 2.65. The van der Waals surface area contributed by atoms with Crippen LogP contribution in [-0.4, -0.2) is 44.5 Å². The van der Waals surface area contributed by atoms with E-state index in [1.54, 1.807) is 6.33 Å². The standard InChI is InChI=1S/C10H18N4O/c1-13-8-11-12-10(13)6-14-4-2-3-9(5-14)7-15/h8-9,15H,2-7H2,1H3. The maximum atomic E-state index is 9.13. The Morgan fingerprint density at radius 3 is 3.13 bits per heavy atom. The number of hydrogen-bond acceptors (Lipinski definition) is 4. The zero-order valence-corrected chi connectivity index (χ0v) is 9.13. The molecule has 2 rings (SSSR count). The van der Waals surface area contributed by atoms with Crippen molar-refractivity contribution in [2.45, 2.75) is 19.4 Å². The first-order valence-corrected chi connectivity index (χ1v) is 5.45. The van der Waals surface area contributed by atoms with E-state index in [2.05, 4.69) is 15.1 Å². The van der Waals surface area contributed by atoms with E-state index in [4.69, 9.17) is 5.11 Å². The molecule has 5 heteroatoms. The Balaban J connectivity index is 1.92. The second-order valence-corrected chi connectivity index (χ2v) is 4.28. The van der Waals surface area contributed by atoms with Crippen molar-refractivity contribution in [2.24, 2.45) is 13.0 Å². The number of aliphatic hydroxyl groups excluding tert-OH is 1. The minimum Gasteiger partial charge on any atom is -0.396 e. The minimum absolute atomic E-state index is 0.301. The highest BCUT2D eigenvalue weighted by atomic mass is 16.3. The molecule has 5 nitrogen and oxygen atoms in total. The Hall–Kier alpha value is -0.940. The van der Waals surface area contributed by atoms with Crippen LogP contribution in [0, 0.1) is 5.92 Å². The molecule has 0 bridgehead atoms. The molecular weight excluding hydrogens is 192 g/mol. The van der Waals surface area contributed by atoms with Gasteiger partial charge < -0.3 is 9.67 Å². The second-order valence-electron chi connectivity index (χ2n) is 4.28. The lowest BCUT2D eigenvalue weighted by molar-refractivity contribution is 0.113. The first-order valence-electron chi connectivity index (χ1n) is 5.45. The molecule has 1 aliphatic heterocycles. The topological polar surface area (TPSA) is 54.2 Å². The van der Waals surface area contributed by atoms with Crippen LogP contribution in [-0.2, 0) is 13.6 Å². The molecule has 0 amide bonds. The van der Waals surface area contributed by atoms with Gasteiger partial charge in [-0.2, -0.15) is 0 Å². The third-order valence-electron chi connectivity index (χ3n) is 3.03. The molecule has 1 N–H and O–H groups in total. The number of hydrogen-bond donors (Lipinski definition) is 1. The zero-order valence-electron chi connectivity index (χ0n) is 9.13. The molecule has 1 unspecified atom stereocenters. The van der Waals surface area contributed by atoms with E-state index in [0.717, 1.165) is 31.9 Å². The van der Waals surface area contributed by atoms with Crippen LogP contribution in [0.5, 0.6) is 0 Å². The van der Waals surface area contributed by atoms with E-state index in [0.29, 0.717) is 12.5 Å². The number of aryl methyl sites for hydroxylation is 1. The van der Waals surface area contributed by atoms with Gasteiger partial charge in [-0.1, -0.05) is 0 Å². The van der Waals surface area contributed by atoms with Crippen molar-refractivity contribution < 1.29 is 5.11 Å². The van der Waals surface area contributed by atoms with Gasteiger partial charge in [-0.3, -0.25) is 4.90 Å². The van der Waals surface area contributed by atoms with Crippen molar-refractivity contribution in [3.8, 4) is 0 Å². The second kappa shape index (κ2) is 4.72. The lowest BCUT2D eigenvalue weighted by Gasteiger charge is -2.31. The molecule has 0 spiro atoms. The zero-order chi connectivity index (χ0) is 10.7. The van der Waals surface area contributed by atoms with Gasteiger partial charge in [-0.05, 0) is 25.3 Å². The normalized spacial score (nSPS) is 23.2. The Morgan fingerprint density at radius 2 is 2.47 bits per heavy atom. The predicted molar refractivity (Wildman–Crippen MR) is 56.1 cm³/mol. The van der Waals surface area contributed by atoms with E-state index in [1.165, 1.54) is 6.42 Å². The summed E-state index contributed by atoms with van der Waals surface area (Å²) < 4.78 is 1.95. The highest BCUT2D eigenvalue weighted by Gasteiger charge is 2.20. The Bertz CT molecular complexity index is 312. The molecule has 1 aromatic heterocycles. The van der Waals surface area contributed by atoms with Crippen molar-refractivity contribution in [3.05, 3.63) is 12.2 Å². The van der Waals surface area contributed by atoms with Crippen LogP contribution >= 0.6 is 0 Å². The largest absolute Gasteiger partial charge is 0.396 e. The summed E-state index contributed by atoms with van der Waals surface area (Å²) in [6.07, 6.45) is 4.04. The van der Waals surface area contributed by atoms with Gasteiger partial charge in [0.2, 0.25) is 0 Å². The maximum absolute atomic E-state index is 9.13. The van der Waals surface area contributed by atoms with Crippen LogP contribution in [0.2, 0.25) is 0 Å². The monoisotopic (exact) mass is 210 g/mol. The van der Waals surface area contributed by atoms with Gasteiger partial charge in [-0.25, -0.2) is 0 Å². The molecule has 15 heavy (non-hydrogen) atoms. The summed E-state index contributed by atoms with van der Waals surface area (Å²) in [6.45, 7) is 3.22. The first kappa shape index (κ1) is 10.6. The van der Waals surface area contributed by atoms with E-state index in [9.17, 15) is 0 Å². The van der Waals surface area contributed by atoms with Crippen LogP contribution in [0.3, 0.4) is 0 Å². The Kier molecular flexibility index (Phi) is 3.33. The third kappa shape index (κ3) is 2.54. The van der Waals surface area contributed by atoms with Crippen LogP contribution in [0.25, 0.3) is 0 Å². The summed E-state index contributed by atoms with van der Waals surface area (Å²) in [5.41, 5.74) is 0. The minimum atomic E-state index is 0.301. The van der Waals surface area contributed by atoms with Gasteiger partial charge in [-0.15, -0.1) is 10.2 Å². The van der Waals surface area contributed by atoms with Gasteiger partial charge in [0.1, 0.15) is 12.2 Å². The van der Waals surface area contributed by atoms with Crippen LogP contribution < -0.4 is 0 Å². The van der Waals surface area contributed by atoms with Crippen molar-refractivity contribution in [2.75, 3.05) is 19.7 Å². The SMILES string of the molecule is Cn1cnnc1CN1CCCC(CO)C1. The van der Waals surface area contributed by atoms with E-state index in [1.807, 2.05) is 11.6 Å². The fraction of sp³-hybridized carbons (Fsp3) is 0.800. The lowest BCUT2D eigenvalue weighted by Crippen LogP contribution is -2.36. The molecule has 0 aliphatic carbocycles. The van der Waals surface area contributed by atoms with Gasteiger partial charge in [0.15, 0.2) is 0 Å². The number of nitrogens with zero attached hydrogens (tertiary/aromatic N) is 4. The summed E-state index contributed by atoms with van der Waals surface area (Å²) in [4.78, 5) is 2.34.